The molecule has 1 aromatic heterocycles. The lowest BCUT2D eigenvalue weighted by Gasteiger charge is -2.07. The molecule has 0 fully saturated rings. The summed E-state index contributed by atoms with van der Waals surface area (Å²) in [6.45, 7) is 1.96. The van der Waals surface area contributed by atoms with Crippen molar-refractivity contribution in [3.8, 4) is 0 Å². The molecule has 0 aliphatic carbocycles. The number of aromatic carboxylic acids is 1. The molecule has 0 aliphatic rings. The number of amides is 1. The van der Waals surface area contributed by atoms with Gasteiger partial charge in [-0.25, -0.2) is 4.79 Å². The Morgan fingerprint density at radius 1 is 1.30 bits per heavy atom. The summed E-state index contributed by atoms with van der Waals surface area (Å²) in [7, 11) is 0. The summed E-state index contributed by atoms with van der Waals surface area (Å²) in [6, 6.07) is 8.01. The Labute approximate surface area is 115 Å². The average molecular weight is 274 g/mol. The zero-order valence-corrected chi connectivity index (χ0v) is 10.8. The Hall–Kier alpha value is -2.76. The molecule has 0 bridgehead atoms. The van der Waals surface area contributed by atoms with E-state index >= 15 is 0 Å². The van der Waals surface area contributed by atoms with Crippen LogP contribution in [0, 0.1) is 6.92 Å². The van der Waals surface area contributed by atoms with Gasteiger partial charge >= 0.3 is 5.97 Å². The first-order valence-corrected chi connectivity index (χ1v) is 5.93. The molecule has 6 heteroatoms. The van der Waals surface area contributed by atoms with Gasteiger partial charge in [-0.2, -0.15) is 0 Å². The minimum Gasteiger partial charge on any atom is -0.475 e. The fourth-order valence-corrected chi connectivity index (χ4v) is 1.72. The van der Waals surface area contributed by atoms with Crippen LogP contribution in [0.4, 0.5) is 5.69 Å². The second-order valence-corrected chi connectivity index (χ2v) is 4.34. The van der Waals surface area contributed by atoms with Crippen molar-refractivity contribution in [2.24, 2.45) is 0 Å². The third-order valence-corrected chi connectivity index (χ3v) is 2.75. The molecule has 0 aliphatic heterocycles. The fourth-order valence-electron chi connectivity index (χ4n) is 1.72. The quantitative estimate of drug-likeness (QED) is 0.737. The minimum atomic E-state index is -1.15. The molecule has 0 atom stereocenters. The summed E-state index contributed by atoms with van der Waals surface area (Å²) < 4.78 is 5.04. The molecule has 0 radical (unpaired) electrons. The Balaban J connectivity index is 2.04. The van der Waals surface area contributed by atoms with Gasteiger partial charge in [-0.3, -0.25) is 4.79 Å². The van der Waals surface area contributed by atoms with Crippen molar-refractivity contribution in [2.45, 2.75) is 13.5 Å². The number of furan rings is 1. The zero-order chi connectivity index (χ0) is 14.7. The van der Waals surface area contributed by atoms with Gasteiger partial charge in [0.05, 0.1) is 12.1 Å². The molecule has 2 aromatic rings. The number of nitrogens with one attached hydrogen (secondary N) is 1. The van der Waals surface area contributed by atoms with Crippen molar-refractivity contribution in [2.75, 3.05) is 5.73 Å². The van der Waals surface area contributed by atoms with Crippen molar-refractivity contribution in [3.63, 3.8) is 0 Å². The number of anilines is 1. The number of aryl methyl sites for hydroxylation is 1. The number of carbonyl (C=O) groups excluding carboxylic acids is 1. The smallest absolute Gasteiger partial charge is 0.371 e. The van der Waals surface area contributed by atoms with Gasteiger partial charge in [0.25, 0.3) is 5.91 Å². The zero-order valence-electron chi connectivity index (χ0n) is 10.8. The molecule has 0 saturated heterocycles. The molecular formula is C14H14N2O4. The van der Waals surface area contributed by atoms with Crippen molar-refractivity contribution in [1.29, 1.82) is 0 Å². The van der Waals surface area contributed by atoms with E-state index in [4.69, 9.17) is 15.3 Å². The van der Waals surface area contributed by atoms with Crippen molar-refractivity contribution < 1.29 is 19.1 Å². The average Bonchev–Trinajstić information content (AvgIpc) is 2.88. The molecule has 0 saturated carbocycles. The number of carboxylic acid groups (broad SMARTS) is 1. The summed E-state index contributed by atoms with van der Waals surface area (Å²) in [5.41, 5.74) is 7.44. The summed E-state index contributed by atoms with van der Waals surface area (Å²) >= 11 is 0. The van der Waals surface area contributed by atoms with Crippen LogP contribution in [-0.4, -0.2) is 17.0 Å². The lowest BCUT2D eigenvalue weighted by molar-refractivity contribution is 0.0660. The molecule has 104 valence electrons. The molecule has 6 nitrogen and oxygen atoms in total. The van der Waals surface area contributed by atoms with Crippen LogP contribution in [-0.2, 0) is 6.54 Å². The van der Waals surface area contributed by atoms with Gasteiger partial charge in [-0.05, 0) is 31.2 Å². The summed E-state index contributed by atoms with van der Waals surface area (Å²) in [5, 5.41) is 11.4. The molecule has 1 heterocycles. The molecule has 0 unspecified atom stereocenters. The second kappa shape index (κ2) is 5.48. The SMILES string of the molecule is Cc1ccc(N)c(C(=O)NCc2ccc(C(=O)O)o2)c1. The fraction of sp³-hybridized carbons (Fsp3) is 0.143. The molecule has 1 aromatic carbocycles. The van der Waals surface area contributed by atoms with Crippen LogP contribution >= 0.6 is 0 Å². The number of carbonyl (C=O) groups is 2. The van der Waals surface area contributed by atoms with E-state index in [2.05, 4.69) is 5.32 Å². The van der Waals surface area contributed by atoms with Crippen molar-refractivity contribution in [1.82, 2.24) is 5.32 Å². The van der Waals surface area contributed by atoms with Crippen LogP contribution in [0.15, 0.2) is 34.7 Å². The van der Waals surface area contributed by atoms with Gasteiger partial charge in [-0.15, -0.1) is 0 Å². The van der Waals surface area contributed by atoms with E-state index in [-0.39, 0.29) is 18.2 Å². The molecule has 4 N–H and O–H groups in total. The Bertz CT molecular complexity index is 661. The first-order valence-electron chi connectivity index (χ1n) is 5.93. The third-order valence-electron chi connectivity index (χ3n) is 2.75. The largest absolute Gasteiger partial charge is 0.475 e. The van der Waals surface area contributed by atoms with Crippen LogP contribution in [0.3, 0.4) is 0 Å². The first kappa shape index (κ1) is 13.7. The van der Waals surface area contributed by atoms with E-state index in [1.165, 1.54) is 12.1 Å². The molecule has 2 rings (SSSR count). The topological polar surface area (TPSA) is 106 Å². The lowest BCUT2D eigenvalue weighted by Crippen LogP contribution is -2.23. The monoisotopic (exact) mass is 274 g/mol. The van der Waals surface area contributed by atoms with Gasteiger partial charge in [0.15, 0.2) is 0 Å². The third kappa shape index (κ3) is 2.97. The van der Waals surface area contributed by atoms with Gasteiger partial charge < -0.3 is 20.6 Å². The lowest BCUT2D eigenvalue weighted by atomic mass is 10.1. The van der Waals surface area contributed by atoms with E-state index in [9.17, 15) is 9.59 Å². The maximum absolute atomic E-state index is 12.0. The predicted octanol–water partition coefficient (Wildman–Crippen LogP) is 1.80. The van der Waals surface area contributed by atoms with Crippen molar-refractivity contribution >= 4 is 17.6 Å². The van der Waals surface area contributed by atoms with Gasteiger partial charge in [-0.1, -0.05) is 11.6 Å². The van der Waals surface area contributed by atoms with E-state index < -0.39 is 5.97 Å². The van der Waals surface area contributed by atoms with Crippen LogP contribution in [0.1, 0.15) is 32.2 Å². The highest BCUT2D eigenvalue weighted by molar-refractivity contribution is 5.99. The van der Waals surface area contributed by atoms with Crippen molar-refractivity contribution in [3.05, 3.63) is 53.0 Å². The number of benzene rings is 1. The van der Waals surface area contributed by atoms with Crippen LogP contribution in [0.25, 0.3) is 0 Å². The van der Waals surface area contributed by atoms with E-state index in [1.807, 2.05) is 13.0 Å². The van der Waals surface area contributed by atoms with Gasteiger partial charge in [0.1, 0.15) is 5.76 Å². The number of carboxylic acids is 1. The Morgan fingerprint density at radius 2 is 2.05 bits per heavy atom. The standard InChI is InChI=1S/C14H14N2O4/c1-8-2-4-11(15)10(6-8)13(17)16-7-9-3-5-12(20-9)14(18)19/h2-6H,7,15H2,1H3,(H,16,17)(H,18,19). The van der Waals surface area contributed by atoms with E-state index in [1.54, 1.807) is 12.1 Å². The highest BCUT2D eigenvalue weighted by Gasteiger charge is 2.12. The maximum Gasteiger partial charge on any atom is 0.371 e. The minimum absolute atomic E-state index is 0.0967. The Morgan fingerprint density at radius 3 is 2.70 bits per heavy atom. The van der Waals surface area contributed by atoms with Crippen LogP contribution in [0.2, 0.25) is 0 Å². The molecule has 1 amide bonds. The highest BCUT2D eigenvalue weighted by Crippen LogP contribution is 2.14. The molecule has 20 heavy (non-hydrogen) atoms. The summed E-state index contributed by atoms with van der Waals surface area (Å²) in [4.78, 5) is 22.6. The second-order valence-electron chi connectivity index (χ2n) is 4.34. The summed E-state index contributed by atoms with van der Waals surface area (Å²) in [5.74, 6) is -1.28. The normalized spacial score (nSPS) is 10.2. The molecule has 0 spiro atoms. The predicted molar refractivity (Wildman–Crippen MR) is 72.4 cm³/mol. The maximum atomic E-state index is 12.0. The van der Waals surface area contributed by atoms with E-state index in [0.717, 1.165) is 5.56 Å². The Kier molecular flexibility index (Phi) is 3.74. The summed E-state index contributed by atoms with van der Waals surface area (Å²) in [6.07, 6.45) is 0. The van der Waals surface area contributed by atoms with Crippen LogP contribution in [0.5, 0.6) is 0 Å². The molecular weight excluding hydrogens is 260 g/mol. The highest BCUT2D eigenvalue weighted by atomic mass is 16.4. The number of hydrogen-bond donors (Lipinski definition) is 3. The van der Waals surface area contributed by atoms with Gasteiger partial charge in [0.2, 0.25) is 5.76 Å². The number of nitrogens with two attached hydrogens (primary N) is 1. The number of rotatable bonds is 4. The first-order chi connectivity index (χ1) is 9.47. The van der Waals surface area contributed by atoms with E-state index in [0.29, 0.717) is 17.0 Å². The number of nitrogen functional groups attached to an aromatic ring is 1. The van der Waals surface area contributed by atoms with Gasteiger partial charge in [0, 0.05) is 5.69 Å². The van der Waals surface area contributed by atoms with Crippen LogP contribution < -0.4 is 11.1 Å². The number of hydrogen-bond acceptors (Lipinski definition) is 4.